The van der Waals surface area contributed by atoms with Crippen LogP contribution in [0.4, 0.5) is 0 Å². The van der Waals surface area contributed by atoms with Crippen LogP contribution in [0.3, 0.4) is 0 Å². The van der Waals surface area contributed by atoms with Gasteiger partial charge in [0.25, 0.3) is 0 Å². The van der Waals surface area contributed by atoms with E-state index in [4.69, 9.17) is 0 Å². The first-order valence-electron chi connectivity index (χ1n) is 6.37. The summed E-state index contributed by atoms with van der Waals surface area (Å²) in [6, 6.07) is 0.368. The minimum atomic E-state index is 0.124. The number of aromatic nitrogens is 3. The number of carbonyl (C=O) groups excluding carboxylic acids is 1. The summed E-state index contributed by atoms with van der Waals surface area (Å²) in [5, 5.41) is 7.11. The van der Waals surface area contributed by atoms with Gasteiger partial charge in [-0.15, -0.1) is 0 Å². The van der Waals surface area contributed by atoms with Gasteiger partial charge in [0, 0.05) is 12.5 Å². The van der Waals surface area contributed by atoms with Gasteiger partial charge >= 0.3 is 0 Å². The van der Waals surface area contributed by atoms with Crippen LogP contribution in [0, 0.1) is 5.92 Å². The third-order valence-electron chi connectivity index (χ3n) is 3.49. The lowest BCUT2D eigenvalue weighted by Gasteiger charge is -2.29. The number of amides is 1. The predicted octanol–water partition coefficient (Wildman–Crippen LogP) is 1.36. The number of carbonyl (C=O) groups is 1. The Balaban J connectivity index is 1.73. The van der Waals surface area contributed by atoms with Crippen molar-refractivity contribution in [1.82, 2.24) is 20.1 Å². The Kier molecular flexibility index (Phi) is 4.12. The second kappa shape index (κ2) is 5.80. The monoisotopic (exact) mass is 236 g/mol. The molecule has 1 heterocycles. The maximum Gasteiger partial charge on any atom is 0.222 e. The molecule has 1 aliphatic carbocycles. The lowest BCUT2D eigenvalue weighted by molar-refractivity contribution is -0.122. The van der Waals surface area contributed by atoms with E-state index in [-0.39, 0.29) is 5.91 Å². The van der Waals surface area contributed by atoms with Gasteiger partial charge in [-0.2, -0.15) is 5.10 Å². The van der Waals surface area contributed by atoms with Crippen LogP contribution in [0.15, 0.2) is 12.7 Å². The van der Waals surface area contributed by atoms with E-state index in [9.17, 15) is 4.79 Å². The SMILES string of the molecule is CC1CCCCC1NC(=O)CCn1cncn1. The molecule has 17 heavy (non-hydrogen) atoms. The normalized spacial score (nSPS) is 24.5. The van der Waals surface area contributed by atoms with Gasteiger partial charge in [0.1, 0.15) is 12.7 Å². The van der Waals surface area contributed by atoms with Gasteiger partial charge in [0.15, 0.2) is 0 Å². The van der Waals surface area contributed by atoms with Gasteiger partial charge in [0.2, 0.25) is 5.91 Å². The number of rotatable bonds is 4. The van der Waals surface area contributed by atoms with Crippen LogP contribution >= 0.6 is 0 Å². The molecule has 5 nitrogen and oxygen atoms in total. The minimum absolute atomic E-state index is 0.124. The summed E-state index contributed by atoms with van der Waals surface area (Å²) in [6.45, 7) is 2.83. The fourth-order valence-electron chi connectivity index (χ4n) is 2.37. The Hall–Kier alpha value is -1.39. The molecule has 94 valence electrons. The van der Waals surface area contributed by atoms with E-state index in [1.807, 2.05) is 0 Å². The van der Waals surface area contributed by atoms with Crippen LogP contribution in [0.2, 0.25) is 0 Å². The molecule has 2 unspecified atom stereocenters. The topological polar surface area (TPSA) is 59.8 Å². The summed E-state index contributed by atoms with van der Waals surface area (Å²) in [5.41, 5.74) is 0. The van der Waals surface area contributed by atoms with Gasteiger partial charge in [-0.1, -0.05) is 19.8 Å². The number of aryl methyl sites for hydroxylation is 1. The van der Waals surface area contributed by atoms with Gasteiger partial charge < -0.3 is 5.32 Å². The zero-order chi connectivity index (χ0) is 12.1. The van der Waals surface area contributed by atoms with Crippen LogP contribution in [-0.4, -0.2) is 26.7 Å². The zero-order valence-corrected chi connectivity index (χ0v) is 10.3. The van der Waals surface area contributed by atoms with Crippen molar-refractivity contribution in [2.45, 2.75) is 51.6 Å². The largest absolute Gasteiger partial charge is 0.353 e. The third-order valence-corrected chi connectivity index (χ3v) is 3.49. The highest BCUT2D eigenvalue weighted by Crippen LogP contribution is 2.23. The Morgan fingerprint density at radius 2 is 2.29 bits per heavy atom. The fourth-order valence-corrected chi connectivity index (χ4v) is 2.37. The van der Waals surface area contributed by atoms with E-state index < -0.39 is 0 Å². The minimum Gasteiger partial charge on any atom is -0.353 e. The van der Waals surface area contributed by atoms with Crippen molar-refractivity contribution < 1.29 is 4.79 Å². The molecule has 2 rings (SSSR count). The first-order chi connectivity index (χ1) is 8.25. The van der Waals surface area contributed by atoms with Crippen LogP contribution in [0.25, 0.3) is 0 Å². The molecular weight excluding hydrogens is 216 g/mol. The highest BCUT2D eigenvalue weighted by atomic mass is 16.1. The Labute approximate surface area is 102 Å². The van der Waals surface area contributed by atoms with Gasteiger partial charge in [0.05, 0.1) is 6.54 Å². The van der Waals surface area contributed by atoms with Crippen molar-refractivity contribution >= 4 is 5.91 Å². The van der Waals surface area contributed by atoms with E-state index in [1.54, 1.807) is 11.0 Å². The summed E-state index contributed by atoms with van der Waals surface area (Å²) in [5.74, 6) is 0.735. The quantitative estimate of drug-likeness (QED) is 0.858. The zero-order valence-electron chi connectivity index (χ0n) is 10.3. The second-order valence-corrected chi connectivity index (χ2v) is 4.84. The Morgan fingerprint density at radius 1 is 1.47 bits per heavy atom. The molecule has 0 aliphatic heterocycles. The van der Waals surface area contributed by atoms with Crippen molar-refractivity contribution in [3.8, 4) is 0 Å². The average Bonchev–Trinajstić information content (AvgIpc) is 2.82. The predicted molar refractivity (Wildman–Crippen MR) is 64.2 cm³/mol. The second-order valence-electron chi connectivity index (χ2n) is 4.84. The highest BCUT2D eigenvalue weighted by Gasteiger charge is 2.22. The number of nitrogens with one attached hydrogen (secondary N) is 1. The Morgan fingerprint density at radius 3 is 3.00 bits per heavy atom. The van der Waals surface area contributed by atoms with Crippen molar-refractivity contribution in [2.24, 2.45) is 5.92 Å². The van der Waals surface area contributed by atoms with Crippen LogP contribution in [0.1, 0.15) is 39.0 Å². The first-order valence-corrected chi connectivity index (χ1v) is 6.37. The lowest BCUT2D eigenvalue weighted by atomic mass is 9.86. The molecule has 1 N–H and O–H groups in total. The molecule has 1 fully saturated rings. The molecule has 1 aliphatic rings. The van der Waals surface area contributed by atoms with Crippen LogP contribution in [0.5, 0.6) is 0 Å². The Bertz CT molecular complexity index is 349. The van der Waals surface area contributed by atoms with Crippen molar-refractivity contribution in [3.05, 3.63) is 12.7 Å². The summed E-state index contributed by atoms with van der Waals surface area (Å²) in [7, 11) is 0. The van der Waals surface area contributed by atoms with Gasteiger partial charge in [-0.05, 0) is 18.8 Å². The molecule has 0 spiro atoms. The van der Waals surface area contributed by atoms with Gasteiger partial charge in [-0.25, -0.2) is 4.98 Å². The molecule has 0 saturated heterocycles. The third kappa shape index (κ3) is 3.54. The number of nitrogens with zero attached hydrogens (tertiary/aromatic N) is 3. The average molecular weight is 236 g/mol. The van der Waals surface area contributed by atoms with E-state index in [1.165, 1.54) is 25.6 Å². The van der Waals surface area contributed by atoms with E-state index in [2.05, 4.69) is 22.3 Å². The van der Waals surface area contributed by atoms with Crippen LogP contribution in [-0.2, 0) is 11.3 Å². The summed E-state index contributed by atoms with van der Waals surface area (Å²) >= 11 is 0. The molecule has 0 aromatic carbocycles. The molecule has 1 aromatic rings. The van der Waals surface area contributed by atoms with Crippen molar-refractivity contribution in [3.63, 3.8) is 0 Å². The number of hydrogen-bond acceptors (Lipinski definition) is 3. The van der Waals surface area contributed by atoms with E-state index in [0.717, 1.165) is 6.42 Å². The lowest BCUT2D eigenvalue weighted by Crippen LogP contribution is -2.41. The summed E-state index contributed by atoms with van der Waals surface area (Å²) < 4.78 is 1.68. The van der Waals surface area contributed by atoms with Gasteiger partial charge in [-0.3, -0.25) is 9.48 Å². The molecule has 1 aromatic heterocycles. The van der Waals surface area contributed by atoms with E-state index in [0.29, 0.717) is 24.9 Å². The molecule has 1 saturated carbocycles. The van der Waals surface area contributed by atoms with Crippen LogP contribution < -0.4 is 5.32 Å². The fraction of sp³-hybridized carbons (Fsp3) is 0.750. The van der Waals surface area contributed by atoms with Crippen molar-refractivity contribution in [1.29, 1.82) is 0 Å². The highest BCUT2D eigenvalue weighted by molar-refractivity contribution is 5.76. The maximum absolute atomic E-state index is 11.8. The molecule has 0 radical (unpaired) electrons. The standard InChI is InChI=1S/C12H20N4O/c1-10-4-2-3-5-11(10)15-12(17)6-7-16-9-13-8-14-16/h8-11H,2-7H2,1H3,(H,15,17). The molecule has 0 bridgehead atoms. The molecule has 2 atom stereocenters. The van der Waals surface area contributed by atoms with Crippen molar-refractivity contribution in [2.75, 3.05) is 0 Å². The van der Waals surface area contributed by atoms with E-state index >= 15 is 0 Å². The molecule has 1 amide bonds. The first kappa shape index (κ1) is 12.1. The number of hydrogen-bond donors (Lipinski definition) is 1. The smallest absolute Gasteiger partial charge is 0.222 e. The summed E-state index contributed by atoms with van der Waals surface area (Å²) in [6.07, 6.45) is 8.49. The maximum atomic E-state index is 11.8. The molecule has 5 heteroatoms. The summed E-state index contributed by atoms with van der Waals surface area (Å²) in [4.78, 5) is 15.6. The molecular formula is C12H20N4O.